The number of carbonyl (C=O) groups is 3. The number of nitrogens with zero attached hydrogens (tertiary/aromatic N) is 2. The summed E-state index contributed by atoms with van der Waals surface area (Å²) in [6.45, 7) is -0.518. The monoisotopic (exact) mass is 429 g/mol. The van der Waals surface area contributed by atoms with Gasteiger partial charge in [-0.1, -0.05) is 0 Å². The molecule has 1 fully saturated rings. The number of nitrogens with one attached hydrogen (secondary N) is 1. The molecule has 11 heteroatoms. The molecule has 0 spiro atoms. The number of phenols is 1. The highest BCUT2D eigenvalue weighted by Crippen LogP contribution is 2.34. The number of amides is 3. The molecular weight excluding hydrogens is 414 g/mol. The Morgan fingerprint density at radius 2 is 1.97 bits per heavy atom. The summed E-state index contributed by atoms with van der Waals surface area (Å²) in [5.41, 5.74) is 0.0868. The van der Waals surface area contributed by atoms with Crippen LogP contribution in [0, 0.1) is 10.1 Å². The third kappa shape index (κ3) is 4.58. The summed E-state index contributed by atoms with van der Waals surface area (Å²) < 4.78 is 5.02. The first-order chi connectivity index (χ1) is 14.3. The van der Waals surface area contributed by atoms with Gasteiger partial charge in [-0.25, -0.2) is 0 Å². The van der Waals surface area contributed by atoms with E-state index in [0.29, 0.717) is 23.2 Å². The van der Waals surface area contributed by atoms with E-state index in [1.54, 1.807) is 24.3 Å². The summed E-state index contributed by atoms with van der Waals surface area (Å²) in [6.07, 6.45) is 1.14. The second-order valence-corrected chi connectivity index (χ2v) is 7.04. The van der Waals surface area contributed by atoms with Crippen LogP contribution in [0.4, 0.5) is 16.2 Å². The zero-order chi connectivity index (χ0) is 21.8. The SMILES string of the molecule is COc1ccc(NC(=O)CN2C(=O)S/C(=C/c3cc(O)ccc3[N+](=O)[O-])C2=O)cc1. The predicted molar refractivity (Wildman–Crippen MR) is 109 cm³/mol. The fraction of sp³-hybridized carbons (Fsp3) is 0.105. The van der Waals surface area contributed by atoms with Gasteiger partial charge in [0, 0.05) is 11.8 Å². The van der Waals surface area contributed by atoms with Gasteiger partial charge in [-0.2, -0.15) is 0 Å². The van der Waals surface area contributed by atoms with Crippen LogP contribution in [0.2, 0.25) is 0 Å². The number of anilines is 1. The van der Waals surface area contributed by atoms with Crippen molar-refractivity contribution in [2.45, 2.75) is 0 Å². The highest BCUT2D eigenvalue weighted by atomic mass is 32.2. The van der Waals surface area contributed by atoms with Crippen LogP contribution >= 0.6 is 11.8 Å². The van der Waals surface area contributed by atoms with Crippen LogP contribution in [0.1, 0.15) is 5.56 Å². The smallest absolute Gasteiger partial charge is 0.294 e. The number of rotatable bonds is 6. The molecule has 30 heavy (non-hydrogen) atoms. The van der Waals surface area contributed by atoms with Crippen molar-refractivity contribution < 1.29 is 29.2 Å². The maximum Gasteiger partial charge on any atom is 0.294 e. The Hall–Kier alpha value is -3.86. The van der Waals surface area contributed by atoms with E-state index in [1.807, 2.05) is 0 Å². The molecule has 0 radical (unpaired) electrons. The Kier molecular flexibility index (Phi) is 6.02. The topological polar surface area (TPSA) is 139 Å². The highest BCUT2D eigenvalue weighted by Gasteiger charge is 2.36. The second-order valence-electron chi connectivity index (χ2n) is 6.04. The van der Waals surface area contributed by atoms with E-state index in [2.05, 4.69) is 5.32 Å². The number of nitro groups is 1. The molecule has 0 atom stereocenters. The van der Waals surface area contributed by atoms with Crippen molar-refractivity contribution in [3.05, 3.63) is 63.0 Å². The van der Waals surface area contributed by atoms with Crippen LogP contribution in [-0.4, -0.2) is 45.6 Å². The Morgan fingerprint density at radius 3 is 2.60 bits per heavy atom. The van der Waals surface area contributed by atoms with E-state index in [4.69, 9.17) is 4.74 Å². The zero-order valence-electron chi connectivity index (χ0n) is 15.5. The number of hydrogen-bond acceptors (Lipinski definition) is 8. The number of aromatic hydroxyl groups is 1. The quantitative estimate of drug-likeness (QED) is 0.406. The molecule has 1 aliphatic heterocycles. The molecule has 1 heterocycles. The van der Waals surface area contributed by atoms with Gasteiger partial charge in [0.2, 0.25) is 5.91 Å². The first kappa shape index (κ1) is 20.9. The molecule has 0 aromatic heterocycles. The molecule has 1 aliphatic rings. The molecule has 2 aromatic rings. The maximum absolute atomic E-state index is 12.5. The minimum absolute atomic E-state index is 0.0341. The van der Waals surface area contributed by atoms with Gasteiger partial charge in [0.25, 0.3) is 16.8 Å². The van der Waals surface area contributed by atoms with Gasteiger partial charge in [0.05, 0.1) is 22.5 Å². The summed E-state index contributed by atoms with van der Waals surface area (Å²) in [6, 6.07) is 9.83. The third-order valence-corrected chi connectivity index (χ3v) is 4.95. The number of phenolic OH excluding ortho intramolecular Hbond substituents is 1. The molecule has 0 saturated carbocycles. The molecule has 0 unspecified atom stereocenters. The molecule has 0 bridgehead atoms. The average Bonchev–Trinajstić information content (AvgIpc) is 2.95. The van der Waals surface area contributed by atoms with Crippen LogP contribution in [0.3, 0.4) is 0 Å². The molecule has 1 saturated heterocycles. The van der Waals surface area contributed by atoms with E-state index >= 15 is 0 Å². The number of carbonyl (C=O) groups excluding carboxylic acids is 3. The summed E-state index contributed by atoms with van der Waals surface area (Å²) in [5.74, 6) is -0.977. The van der Waals surface area contributed by atoms with E-state index < -0.39 is 28.5 Å². The lowest BCUT2D eigenvalue weighted by molar-refractivity contribution is -0.385. The van der Waals surface area contributed by atoms with E-state index in [1.165, 1.54) is 7.11 Å². The number of benzene rings is 2. The summed E-state index contributed by atoms with van der Waals surface area (Å²) >= 11 is 0.554. The number of nitro benzene ring substituents is 1. The number of thioether (sulfide) groups is 1. The van der Waals surface area contributed by atoms with Gasteiger partial charge < -0.3 is 15.2 Å². The van der Waals surface area contributed by atoms with Crippen LogP contribution in [-0.2, 0) is 9.59 Å². The van der Waals surface area contributed by atoms with E-state index in [-0.39, 0.29) is 21.9 Å². The van der Waals surface area contributed by atoms with Crippen molar-refractivity contribution in [2.75, 3.05) is 19.0 Å². The molecule has 154 valence electrons. The number of imide groups is 1. The second kappa shape index (κ2) is 8.66. The predicted octanol–water partition coefficient (Wildman–Crippen LogP) is 2.98. The minimum atomic E-state index is -0.757. The van der Waals surface area contributed by atoms with Crippen LogP contribution in [0.15, 0.2) is 47.4 Å². The molecule has 3 amide bonds. The lowest BCUT2D eigenvalue weighted by atomic mass is 10.1. The molecular formula is C19H15N3O7S. The highest BCUT2D eigenvalue weighted by molar-refractivity contribution is 8.18. The normalized spacial score (nSPS) is 14.8. The van der Waals surface area contributed by atoms with Crippen molar-refractivity contribution in [3.8, 4) is 11.5 Å². The Morgan fingerprint density at radius 1 is 1.27 bits per heavy atom. The van der Waals surface area contributed by atoms with Crippen LogP contribution < -0.4 is 10.1 Å². The maximum atomic E-state index is 12.5. The van der Waals surface area contributed by atoms with Crippen molar-refractivity contribution >= 4 is 46.3 Å². The summed E-state index contributed by atoms with van der Waals surface area (Å²) in [7, 11) is 1.51. The first-order valence-corrected chi connectivity index (χ1v) is 9.27. The van der Waals surface area contributed by atoms with Crippen molar-refractivity contribution in [3.63, 3.8) is 0 Å². The summed E-state index contributed by atoms with van der Waals surface area (Å²) in [5, 5.41) is 22.6. The van der Waals surface area contributed by atoms with Crippen molar-refractivity contribution in [1.29, 1.82) is 0 Å². The molecule has 10 nitrogen and oxygen atoms in total. The number of ether oxygens (including phenoxy) is 1. The Labute approximate surface area is 174 Å². The Balaban J connectivity index is 1.74. The fourth-order valence-corrected chi connectivity index (χ4v) is 3.45. The lowest BCUT2D eigenvalue weighted by Gasteiger charge is -2.12. The molecule has 2 aromatic carbocycles. The molecule has 2 N–H and O–H groups in total. The lowest BCUT2D eigenvalue weighted by Crippen LogP contribution is -2.36. The Bertz CT molecular complexity index is 1070. The number of hydrogen-bond donors (Lipinski definition) is 2. The minimum Gasteiger partial charge on any atom is -0.508 e. The molecule has 0 aliphatic carbocycles. The molecule has 3 rings (SSSR count). The largest absolute Gasteiger partial charge is 0.508 e. The zero-order valence-corrected chi connectivity index (χ0v) is 16.3. The van der Waals surface area contributed by atoms with Gasteiger partial charge in [-0.15, -0.1) is 0 Å². The van der Waals surface area contributed by atoms with E-state index in [0.717, 1.165) is 29.2 Å². The number of methoxy groups -OCH3 is 1. The van der Waals surface area contributed by atoms with Gasteiger partial charge >= 0.3 is 0 Å². The third-order valence-electron chi connectivity index (χ3n) is 4.04. The van der Waals surface area contributed by atoms with Crippen molar-refractivity contribution in [2.24, 2.45) is 0 Å². The fourth-order valence-electron chi connectivity index (χ4n) is 2.62. The van der Waals surface area contributed by atoms with Crippen molar-refractivity contribution in [1.82, 2.24) is 4.90 Å². The van der Waals surface area contributed by atoms with Gasteiger partial charge in [-0.3, -0.25) is 29.4 Å². The first-order valence-electron chi connectivity index (χ1n) is 8.45. The summed E-state index contributed by atoms with van der Waals surface area (Å²) in [4.78, 5) is 48.1. The van der Waals surface area contributed by atoms with E-state index in [9.17, 15) is 29.6 Å². The van der Waals surface area contributed by atoms with Gasteiger partial charge in [0.1, 0.15) is 18.0 Å². The standard InChI is InChI=1S/C19H15N3O7S/c1-29-14-5-2-12(3-6-14)20-17(24)10-21-18(25)16(30-19(21)26)9-11-8-13(23)4-7-15(11)22(27)28/h2-9,23H,10H2,1H3,(H,20,24)/b16-9+. The van der Waals surface area contributed by atoms with Gasteiger partial charge in [-0.05, 0) is 54.2 Å². The van der Waals surface area contributed by atoms with Crippen LogP contribution in [0.25, 0.3) is 6.08 Å². The van der Waals surface area contributed by atoms with Crippen LogP contribution in [0.5, 0.6) is 11.5 Å². The van der Waals surface area contributed by atoms with Gasteiger partial charge in [0.15, 0.2) is 0 Å². The average molecular weight is 429 g/mol.